The van der Waals surface area contributed by atoms with Crippen LogP contribution in [0.2, 0.25) is 0 Å². The summed E-state index contributed by atoms with van der Waals surface area (Å²) in [5.41, 5.74) is 2.73. The molecule has 186 valence electrons. The van der Waals surface area contributed by atoms with Crippen LogP contribution >= 0.6 is 11.3 Å². The summed E-state index contributed by atoms with van der Waals surface area (Å²) in [5, 5.41) is 20.8. The SMILES string of the molecule is COc1ccc(-c2nn(-c3ccccc3)cc2/C=c2\sc3nc(-c4ccccc4)nn3c2=O)cc1[N+](=O)[O-]. The molecule has 3 heterocycles. The van der Waals surface area contributed by atoms with Crippen molar-refractivity contribution in [3.63, 3.8) is 0 Å². The zero-order valence-corrected chi connectivity index (χ0v) is 20.7. The van der Waals surface area contributed by atoms with Crippen LogP contribution in [0.25, 0.3) is 39.4 Å². The molecule has 6 aromatic rings. The number of benzene rings is 3. The fourth-order valence-corrected chi connectivity index (χ4v) is 4.99. The number of fused-ring (bicyclic) bond motifs is 1. The Labute approximate surface area is 218 Å². The molecule has 10 nitrogen and oxygen atoms in total. The number of hydrogen-bond acceptors (Lipinski definition) is 8. The van der Waals surface area contributed by atoms with Crippen LogP contribution in [-0.2, 0) is 0 Å². The van der Waals surface area contributed by atoms with Gasteiger partial charge in [0.05, 0.1) is 22.3 Å². The number of ether oxygens (including phenoxy) is 1. The van der Waals surface area contributed by atoms with Crippen molar-refractivity contribution in [2.24, 2.45) is 0 Å². The van der Waals surface area contributed by atoms with E-state index in [1.54, 1.807) is 23.0 Å². The Bertz CT molecular complexity index is 1910. The normalized spacial score (nSPS) is 11.8. The van der Waals surface area contributed by atoms with Crippen molar-refractivity contribution in [2.75, 3.05) is 7.11 Å². The van der Waals surface area contributed by atoms with E-state index in [0.29, 0.717) is 32.1 Å². The van der Waals surface area contributed by atoms with Gasteiger partial charge in [0.2, 0.25) is 4.96 Å². The third kappa shape index (κ3) is 4.10. The minimum Gasteiger partial charge on any atom is -0.490 e. The molecular weight excluding hydrogens is 504 g/mol. The molecule has 0 unspecified atom stereocenters. The summed E-state index contributed by atoms with van der Waals surface area (Å²) in [6.45, 7) is 0. The average Bonchev–Trinajstić information content (AvgIpc) is 3.64. The summed E-state index contributed by atoms with van der Waals surface area (Å²) in [7, 11) is 1.38. The number of para-hydroxylation sites is 1. The van der Waals surface area contributed by atoms with Gasteiger partial charge in [0.25, 0.3) is 5.56 Å². The van der Waals surface area contributed by atoms with E-state index in [0.717, 1.165) is 11.3 Å². The second-order valence-corrected chi connectivity index (χ2v) is 9.28. The van der Waals surface area contributed by atoms with Gasteiger partial charge in [-0.05, 0) is 30.3 Å². The van der Waals surface area contributed by atoms with E-state index in [2.05, 4.69) is 10.1 Å². The van der Waals surface area contributed by atoms with Gasteiger partial charge in [0.1, 0.15) is 5.69 Å². The highest BCUT2D eigenvalue weighted by Gasteiger charge is 2.20. The first-order chi connectivity index (χ1) is 18.5. The summed E-state index contributed by atoms with van der Waals surface area (Å²) in [6.07, 6.45) is 3.49. The lowest BCUT2D eigenvalue weighted by Crippen LogP contribution is -2.23. The zero-order chi connectivity index (χ0) is 26.2. The Kier molecular flexibility index (Phi) is 5.74. The Morgan fingerprint density at radius 3 is 2.39 bits per heavy atom. The van der Waals surface area contributed by atoms with Crippen molar-refractivity contribution in [1.29, 1.82) is 0 Å². The Balaban J connectivity index is 1.51. The van der Waals surface area contributed by atoms with Gasteiger partial charge in [-0.2, -0.15) is 14.6 Å². The molecule has 0 fully saturated rings. The molecule has 0 bridgehead atoms. The molecular formula is C27H18N6O4S. The lowest BCUT2D eigenvalue weighted by Gasteiger charge is -2.04. The molecule has 0 spiro atoms. The summed E-state index contributed by atoms with van der Waals surface area (Å²) >= 11 is 1.21. The number of hydrogen-bond donors (Lipinski definition) is 0. The summed E-state index contributed by atoms with van der Waals surface area (Å²) in [4.78, 5) is 29.4. The van der Waals surface area contributed by atoms with Gasteiger partial charge in [0.15, 0.2) is 11.6 Å². The van der Waals surface area contributed by atoms with Crippen molar-refractivity contribution in [2.45, 2.75) is 0 Å². The minimum atomic E-state index is -0.500. The molecule has 38 heavy (non-hydrogen) atoms. The maximum Gasteiger partial charge on any atom is 0.311 e. The predicted molar refractivity (Wildman–Crippen MR) is 144 cm³/mol. The van der Waals surface area contributed by atoms with Crippen LogP contribution in [0.1, 0.15) is 5.56 Å². The first-order valence-corrected chi connectivity index (χ1v) is 12.3. The quantitative estimate of drug-likeness (QED) is 0.238. The molecule has 0 aliphatic rings. The van der Waals surface area contributed by atoms with Crippen molar-refractivity contribution in [3.8, 4) is 34.1 Å². The van der Waals surface area contributed by atoms with Crippen LogP contribution in [0.15, 0.2) is 89.9 Å². The Morgan fingerprint density at radius 2 is 1.71 bits per heavy atom. The average molecular weight is 523 g/mol. The Hall–Kier alpha value is -5.16. The summed E-state index contributed by atoms with van der Waals surface area (Å²) in [6, 6.07) is 23.6. The summed E-state index contributed by atoms with van der Waals surface area (Å²) in [5.74, 6) is 0.622. The Morgan fingerprint density at radius 1 is 0.974 bits per heavy atom. The molecule has 0 saturated carbocycles. The molecule has 11 heteroatoms. The maximum atomic E-state index is 13.2. The van der Waals surface area contributed by atoms with E-state index in [1.165, 1.54) is 35.1 Å². The van der Waals surface area contributed by atoms with E-state index in [1.807, 2.05) is 60.7 Å². The molecule has 0 N–H and O–H groups in total. The second kappa shape index (κ2) is 9.37. The molecule has 0 radical (unpaired) electrons. The van der Waals surface area contributed by atoms with Gasteiger partial charge >= 0.3 is 5.69 Å². The van der Waals surface area contributed by atoms with E-state index in [4.69, 9.17) is 9.84 Å². The highest BCUT2D eigenvalue weighted by molar-refractivity contribution is 7.15. The number of thiazole rings is 1. The van der Waals surface area contributed by atoms with Crippen LogP contribution < -0.4 is 14.8 Å². The predicted octanol–water partition coefficient (Wildman–Crippen LogP) is 4.14. The number of methoxy groups -OCH3 is 1. The fraction of sp³-hybridized carbons (Fsp3) is 0.0370. The molecule has 0 aliphatic carbocycles. The molecule has 3 aromatic carbocycles. The largest absolute Gasteiger partial charge is 0.490 e. The van der Waals surface area contributed by atoms with Gasteiger partial charge < -0.3 is 4.74 Å². The van der Waals surface area contributed by atoms with E-state index in [9.17, 15) is 14.9 Å². The smallest absolute Gasteiger partial charge is 0.311 e. The minimum absolute atomic E-state index is 0.147. The van der Waals surface area contributed by atoms with Crippen LogP contribution in [0, 0.1) is 10.1 Å². The number of rotatable bonds is 6. The van der Waals surface area contributed by atoms with Gasteiger partial charge in [-0.1, -0.05) is 59.9 Å². The van der Waals surface area contributed by atoms with Crippen LogP contribution in [-0.4, -0.2) is 36.4 Å². The number of aromatic nitrogens is 5. The number of nitrogens with zero attached hydrogens (tertiary/aromatic N) is 6. The van der Waals surface area contributed by atoms with Crippen LogP contribution in [0.4, 0.5) is 5.69 Å². The molecule has 0 atom stereocenters. The number of nitro groups is 1. The third-order valence-electron chi connectivity index (χ3n) is 5.91. The van der Waals surface area contributed by atoms with Gasteiger partial charge in [-0.25, -0.2) is 4.68 Å². The first kappa shape index (κ1) is 23.3. The van der Waals surface area contributed by atoms with Crippen LogP contribution in [0.3, 0.4) is 0 Å². The molecule has 6 rings (SSSR count). The van der Waals surface area contributed by atoms with Crippen molar-refractivity contribution in [3.05, 3.63) is 116 Å². The van der Waals surface area contributed by atoms with Gasteiger partial charge in [0, 0.05) is 29.0 Å². The van der Waals surface area contributed by atoms with Crippen molar-refractivity contribution < 1.29 is 9.66 Å². The fourth-order valence-electron chi connectivity index (χ4n) is 4.09. The standard InChI is InChI=1S/C27H18N6O4S/c1-37-22-13-12-18(14-21(22)33(35)36)24-19(16-31(29-24)20-10-6-3-7-11-20)15-23-26(34)32-27(38-23)28-25(30-32)17-8-4-2-5-9-17/h2-16H,1H3/b23-15-. The first-order valence-electron chi connectivity index (χ1n) is 11.5. The summed E-state index contributed by atoms with van der Waals surface area (Å²) < 4.78 is 8.52. The molecule has 0 amide bonds. The lowest BCUT2D eigenvalue weighted by molar-refractivity contribution is -0.385. The maximum absolute atomic E-state index is 13.2. The zero-order valence-electron chi connectivity index (χ0n) is 19.9. The van der Waals surface area contributed by atoms with Gasteiger partial charge in [-0.15, -0.1) is 5.10 Å². The topological polar surface area (TPSA) is 117 Å². The second-order valence-electron chi connectivity index (χ2n) is 8.27. The van der Waals surface area contributed by atoms with E-state index < -0.39 is 4.92 Å². The highest BCUT2D eigenvalue weighted by Crippen LogP contribution is 2.33. The molecule has 0 aliphatic heterocycles. The molecule has 0 saturated heterocycles. The monoisotopic (exact) mass is 522 g/mol. The van der Waals surface area contributed by atoms with Gasteiger partial charge in [-0.3, -0.25) is 14.9 Å². The van der Waals surface area contributed by atoms with E-state index in [-0.39, 0.29) is 17.0 Å². The lowest BCUT2D eigenvalue weighted by atomic mass is 10.1. The number of nitro benzene ring substituents is 1. The van der Waals surface area contributed by atoms with E-state index >= 15 is 0 Å². The van der Waals surface area contributed by atoms with Crippen LogP contribution in [0.5, 0.6) is 5.75 Å². The van der Waals surface area contributed by atoms with Crippen molar-refractivity contribution >= 4 is 28.1 Å². The molecule has 3 aromatic heterocycles. The third-order valence-corrected chi connectivity index (χ3v) is 6.87. The highest BCUT2D eigenvalue weighted by atomic mass is 32.1. The van der Waals surface area contributed by atoms with Crippen molar-refractivity contribution in [1.82, 2.24) is 24.4 Å².